The third-order valence-electron chi connectivity index (χ3n) is 9.08. The lowest BCUT2D eigenvalue weighted by atomic mass is 9.59. The Morgan fingerprint density at radius 3 is 2.56 bits per heavy atom. The molecule has 2 aromatic rings. The number of amides is 1. The van der Waals surface area contributed by atoms with Gasteiger partial charge in [-0.05, 0) is 92.7 Å². The van der Waals surface area contributed by atoms with Crippen molar-refractivity contribution in [3.8, 4) is 0 Å². The average molecular weight is 512 g/mol. The lowest BCUT2D eigenvalue weighted by Gasteiger charge is -2.45. The van der Waals surface area contributed by atoms with Crippen LogP contribution in [0.4, 0.5) is 5.69 Å². The summed E-state index contributed by atoms with van der Waals surface area (Å²) in [6, 6.07) is 8.81. The van der Waals surface area contributed by atoms with Crippen molar-refractivity contribution in [1.82, 2.24) is 19.7 Å². The molecule has 1 aliphatic heterocycles. The van der Waals surface area contributed by atoms with Crippen LogP contribution in [0.5, 0.6) is 0 Å². The molecule has 7 rings (SSSR count). The molecule has 2 unspecified atom stereocenters. The smallest absolute Gasteiger partial charge is 0.234 e. The summed E-state index contributed by atoms with van der Waals surface area (Å²) in [6.45, 7) is 7.04. The van der Waals surface area contributed by atoms with Crippen LogP contribution in [-0.4, -0.2) is 57.6 Å². The first-order valence-corrected chi connectivity index (χ1v) is 14.8. The number of morpholine rings is 1. The number of hydrogen-bond donors (Lipinski definition) is 1. The van der Waals surface area contributed by atoms with Crippen LogP contribution in [-0.2, 0) is 28.0 Å². The Bertz CT molecular complexity index is 1060. The third-order valence-corrected chi connectivity index (χ3v) is 10.0. The van der Waals surface area contributed by atoms with Crippen LogP contribution < -0.4 is 5.32 Å². The number of rotatable bonds is 8. The largest absolute Gasteiger partial charge is 0.379 e. The van der Waals surface area contributed by atoms with Crippen LogP contribution in [0.2, 0.25) is 0 Å². The predicted octanol–water partition coefficient (Wildman–Crippen LogP) is 4.96. The van der Waals surface area contributed by atoms with E-state index in [9.17, 15) is 4.79 Å². The number of thioether (sulfide) groups is 1. The Labute approximate surface area is 220 Å². The molecule has 0 radical (unpaired) electrons. The number of nitrogens with zero attached hydrogens (tertiary/aromatic N) is 4. The summed E-state index contributed by atoms with van der Waals surface area (Å²) in [5, 5.41) is 12.7. The van der Waals surface area contributed by atoms with Gasteiger partial charge in [0.1, 0.15) is 5.82 Å². The SMILES string of the molecule is CCn1c(CN2CCOCC2)nnc1SCC(=O)Nc1ccc(C23CCC4CC(CC(C4)C2)C3)cc1.[HH]. The predicted molar refractivity (Wildman–Crippen MR) is 144 cm³/mol. The Hall–Kier alpha value is -1.90. The molecule has 8 heteroatoms. The van der Waals surface area contributed by atoms with Crippen molar-refractivity contribution in [2.45, 2.75) is 75.5 Å². The van der Waals surface area contributed by atoms with Crippen LogP contribution >= 0.6 is 11.8 Å². The topological polar surface area (TPSA) is 72.3 Å². The Morgan fingerprint density at radius 1 is 1.11 bits per heavy atom. The molecule has 1 amide bonds. The second-order valence-corrected chi connectivity index (χ2v) is 12.4. The molecule has 196 valence electrons. The van der Waals surface area contributed by atoms with Crippen molar-refractivity contribution in [3.63, 3.8) is 0 Å². The summed E-state index contributed by atoms with van der Waals surface area (Å²) in [5.41, 5.74) is 2.76. The normalized spacial score (nSPS) is 29.9. The van der Waals surface area contributed by atoms with Crippen LogP contribution in [0.25, 0.3) is 0 Å². The number of carbonyl (C=O) groups is 1. The van der Waals surface area contributed by atoms with Crippen molar-refractivity contribution in [1.29, 1.82) is 0 Å². The number of aromatic nitrogens is 3. The van der Waals surface area contributed by atoms with Crippen molar-refractivity contribution >= 4 is 23.4 Å². The highest BCUT2D eigenvalue weighted by Gasteiger charge is 2.48. The van der Waals surface area contributed by atoms with Crippen molar-refractivity contribution in [3.05, 3.63) is 35.7 Å². The first-order chi connectivity index (χ1) is 17.6. The molecule has 2 atom stereocenters. The second-order valence-electron chi connectivity index (χ2n) is 11.5. The molecular formula is C28H41N5O2S. The lowest BCUT2D eigenvalue weighted by Crippen LogP contribution is -2.37. The number of nitrogens with one attached hydrogen (secondary N) is 1. The number of ether oxygens (including phenoxy) is 1. The summed E-state index contributed by atoms with van der Waals surface area (Å²) < 4.78 is 7.57. The monoisotopic (exact) mass is 511 g/mol. The van der Waals surface area contributed by atoms with E-state index in [2.05, 4.69) is 56.2 Å². The molecule has 2 heterocycles. The molecule has 1 aromatic carbocycles. The van der Waals surface area contributed by atoms with E-state index in [1.807, 2.05) is 0 Å². The van der Waals surface area contributed by atoms with Gasteiger partial charge in [0, 0.05) is 26.7 Å². The van der Waals surface area contributed by atoms with Gasteiger partial charge in [-0.3, -0.25) is 9.69 Å². The number of hydrogen-bond acceptors (Lipinski definition) is 6. The first-order valence-electron chi connectivity index (χ1n) is 13.9. The maximum atomic E-state index is 12.7. The first kappa shape index (κ1) is 24.4. The Morgan fingerprint density at radius 2 is 1.83 bits per heavy atom. The molecule has 5 aliphatic rings. The van der Waals surface area contributed by atoms with Gasteiger partial charge in [-0.25, -0.2) is 0 Å². The molecule has 5 fully saturated rings. The second kappa shape index (κ2) is 10.5. The van der Waals surface area contributed by atoms with Crippen LogP contribution in [0, 0.1) is 17.8 Å². The van der Waals surface area contributed by atoms with E-state index < -0.39 is 0 Å². The lowest BCUT2D eigenvalue weighted by molar-refractivity contribution is -0.113. The summed E-state index contributed by atoms with van der Waals surface area (Å²) in [5.74, 6) is 4.12. The number of fused-ring (bicyclic) bond motifs is 1. The van der Waals surface area contributed by atoms with E-state index in [1.54, 1.807) is 0 Å². The minimum Gasteiger partial charge on any atom is -0.379 e. The quantitative estimate of drug-likeness (QED) is 0.505. The zero-order valence-electron chi connectivity index (χ0n) is 21.5. The van der Waals surface area contributed by atoms with E-state index in [4.69, 9.17) is 4.74 Å². The molecule has 4 saturated carbocycles. The van der Waals surface area contributed by atoms with Crippen LogP contribution in [0.1, 0.15) is 64.7 Å². The van der Waals surface area contributed by atoms with Crippen molar-refractivity contribution < 1.29 is 11.0 Å². The minimum absolute atomic E-state index is 0. The number of benzene rings is 1. The maximum absolute atomic E-state index is 12.7. The molecule has 1 aromatic heterocycles. The van der Waals surface area contributed by atoms with Gasteiger partial charge in [-0.15, -0.1) is 10.2 Å². The van der Waals surface area contributed by atoms with E-state index in [0.717, 1.165) is 73.8 Å². The fourth-order valence-corrected chi connectivity index (χ4v) is 8.40. The zero-order chi connectivity index (χ0) is 24.5. The van der Waals surface area contributed by atoms with Gasteiger partial charge in [0.15, 0.2) is 5.16 Å². The van der Waals surface area contributed by atoms with Gasteiger partial charge in [-0.1, -0.05) is 23.9 Å². The molecular weight excluding hydrogens is 470 g/mol. The Kier molecular flexibility index (Phi) is 7.10. The summed E-state index contributed by atoms with van der Waals surface area (Å²) >= 11 is 1.46. The molecule has 1 N–H and O–H groups in total. The van der Waals surface area contributed by atoms with E-state index in [-0.39, 0.29) is 7.33 Å². The highest BCUT2D eigenvalue weighted by molar-refractivity contribution is 7.99. The van der Waals surface area contributed by atoms with Crippen molar-refractivity contribution in [2.75, 3.05) is 37.4 Å². The maximum Gasteiger partial charge on any atom is 0.234 e. The molecule has 7 nitrogen and oxygen atoms in total. The minimum atomic E-state index is -0.000635. The van der Waals surface area contributed by atoms with Gasteiger partial charge >= 0.3 is 0 Å². The average Bonchev–Trinajstić information content (AvgIpc) is 3.16. The molecule has 1 saturated heterocycles. The van der Waals surface area contributed by atoms with Gasteiger partial charge in [-0.2, -0.15) is 0 Å². The van der Waals surface area contributed by atoms with Gasteiger partial charge < -0.3 is 14.6 Å². The number of anilines is 1. The molecule has 4 aliphatic carbocycles. The van der Waals surface area contributed by atoms with E-state index >= 15 is 0 Å². The van der Waals surface area contributed by atoms with Gasteiger partial charge in [0.05, 0.1) is 25.5 Å². The summed E-state index contributed by atoms with van der Waals surface area (Å²) in [7, 11) is 0. The van der Waals surface area contributed by atoms with Gasteiger partial charge in [0.25, 0.3) is 0 Å². The van der Waals surface area contributed by atoms with Crippen molar-refractivity contribution in [2.24, 2.45) is 17.8 Å². The molecule has 36 heavy (non-hydrogen) atoms. The van der Waals surface area contributed by atoms with E-state index in [1.165, 1.54) is 62.3 Å². The fraction of sp³-hybridized carbons (Fsp3) is 0.679. The summed E-state index contributed by atoms with van der Waals surface area (Å²) in [6.07, 6.45) is 9.87. The summed E-state index contributed by atoms with van der Waals surface area (Å²) in [4.78, 5) is 15.1. The molecule has 4 bridgehead atoms. The van der Waals surface area contributed by atoms with Gasteiger partial charge in [0.2, 0.25) is 5.91 Å². The van der Waals surface area contributed by atoms with Crippen LogP contribution in [0.15, 0.2) is 29.4 Å². The highest BCUT2D eigenvalue weighted by Crippen LogP contribution is 2.57. The van der Waals surface area contributed by atoms with Crippen LogP contribution in [0.3, 0.4) is 0 Å². The standard InChI is InChI=1S/C28H39N5O2S.H2/c1-2-33-25(18-32-9-11-35-12-10-32)30-31-27(33)36-19-26(34)29-24-5-3-23(4-6-24)28-8-7-20-13-21(16-28)15-22(14-20)17-28;/h3-6,20-22H,2,7-19H2,1H3,(H,29,34);1H. The number of carbonyl (C=O) groups excluding carboxylic acids is 1. The Balaban J connectivity index is 0.00000280. The zero-order valence-corrected chi connectivity index (χ0v) is 22.3. The molecule has 0 spiro atoms. The van der Waals surface area contributed by atoms with E-state index in [0.29, 0.717) is 11.2 Å². The third kappa shape index (κ3) is 5.09. The fourth-order valence-electron chi connectivity index (χ4n) is 7.58. The highest BCUT2D eigenvalue weighted by atomic mass is 32.2.